The van der Waals surface area contributed by atoms with Crippen LogP contribution in [0, 0.1) is 5.92 Å². The molecule has 5 amide bonds. The summed E-state index contributed by atoms with van der Waals surface area (Å²) >= 11 is 0. The summed E-state index contributed by atoms with van der Waals surface area (Å²) in [6, 6.07) is -2.89. The lowest BCUT2D eigenvalue weighted by molar-refractivity contribution is -0.141. The molecule has 0 aromatic rings. The zero-order valence-corrected chi connectivity index (χ0v) is 17.0. The largest absolute Gasteiger partial charge is 0.481 e. The molecule has 13 heteroatoms. The number of carbonyl (C=O) groups is 5. The van der Waals surface area contributed by atoms with Crippen molar-refractivity contribution in [2.45, 2.75) is 45.2 Å². The van der Waals surface area contributed by atoms with E-state index in [0.29, 0.717) is 17.9 Å². The van der Waals surface area contributed by atoms with Gasteiger partial charge >= 0.3 is 12.0 Å². The fraction of sp³-hybridized carbons (Fsp3) is 0.647. The van der Waals surface area contributed by atoms with Gasteiger partial charge in [-0.05, 0) is 18.8 Å². The number of hydrogen-bond donors (Lipinski definition) is 6. The number of aliphatic carboxylic acids is 1. The molecule has 168 valence electrons. The highest BCUT2D eigenvalue weighted by atomic mass is 16.4. The minimum Gasteiger partial charge on any atom is -0.481 e. The zero-order valence-electron chi connectivity index (χ0n) is 17.0. The number of urea groups is 1. The van der Waals surface area contributed by atoms with Crippen molar-refractivity contribution >= 4 is 35.7 Å². The van der Waals surface area contributed by atoms with E-state index in [4.69, 9.17) is 16.6 Å². The van der Waals surface area contributed by atoms with Crippen molar-refractivity contribution in [3.8, 4) is 0 Å². The second kappa shape index (κ2) is 11.6. The lowest BCUT2D eigenvalue weighted by atomic mass is 10.1. The van der Waals surface area contributed by atoms with Gasteiger partial charge in [-0.15, -0.1) is 0 Å². The van der Waals surface area contributed by atoms with Crippen molar-refractivity contribution in [3.05, 3.63) is 0 Å². The van der Waals surface area contributed by atoms with Crippen molar-refractivity contribution < 1.29 is 29.1 Å². The highest BCUT2D eigenvalue weighted by Gasteiger charge is 2.39. The minimum atomic E-state index is -1.33. The maximum Gasteiger partial charge on any atom is 0.325 e. The molecule has 0 aromatic heterocycles. The Morgan fingerprint density at radius 1 is 1.27 bits per heavy atom. The molecule has 1 saturated heterocycles. The number of carboxylic acid groups (broad SMARTS) is 1. The summed E-state index contributed by atoms with van der Waals surface area (Å²) in [4.78, 5) is 64.3. The topological polar surface area (TPSA) is 209 Å². The van der Waals surface area contributed by atoms with Crippen molar-refractivity contribution in [1.82, 2.24) is 20.9 Å². The number of aliphatic imine (C=N–C) groups is 1. The highest BCUT2D eigenvalue weighted by molar-refractivity contribution is 6.06. The summed E-state index contributed by atoms with van der Waals surface area (Å²) in [5.41, 5.74) is 10.4. The Morgan fingerprint density at radius 2 is 1.93 bits per heavy atom. The van der Waals surface area contributed by atoms with Crippen LogP contribution in [0.5, 0.6) is 0 Å². The molecule has 13 nitrogen and oxygen atoms in total. The van der Waals surface area contributed by atoms with Crippen LogP contribution in [0.25, 0.3) is 0 Å². The Balaban J connectivity index is 2.64. The third-order valence-electron chi connectivity index (χ3n) is 4.07. The first kappa shape index (κ1) is 24.7. The normalized spacial score (nSPS) is 16.8. The van der Waals surface area contributed by atoms with Crippen LogP contribution in [0.1, 0.15) is 33.1 Å². The first-order chi connectivity index (χ1) is 14.0. The van der Waals surface area contributed by atoms with E-state index < -0.39 is 54.8 Å². The molecule has 1 aliphatic rings. The lowest BCUT2D eigenvalue weighted by Crippen LogP contribution is -2.51. The molecule has 0 aliphatic carbocycles. The van der Waals surface area contributed by atoms with Crippen LogP contribution in [-0.2, 0) is 19.2 Å². The highest BCUT2D eigenvalue weighted by Crippen LogP contribution is 2.11. The first-order valence-electron chi connectivity index (χ1n) is 9.47. The number of nitrogens with one attached hydrogen (secondary N) is 3. The van der Waals surface area contributed by atoms with Crippen LogP contribution >= 0.6 is 0 Å². The van der Waals surface area contributed by atoms with Crippen molar-refractivity contribution in [3.63, 3.8) is 0 Å². The number of nitrogens with zero attached hydrogens (tertiary/aromatic N) is 2. The number of hydrogen-bond acceptors (Lipinski definition) is 6. The second-order valence-electron chi connectivity index (χ2n) is 7.23. The van der Waals surface area contributed by atoms with Crippen LogP contribution < -0.4 is 27.4 Å². The molecule has 0 spiro atoms. The molecule has 30 heavy (non-hydrogen) atoms. The molecule has 0 radical (unpaired) electrons. The van der Waals surface area contributed by atoms with Gasteiger partial charge in [0.2, 0.25) is 11.8 Å². The summed E-state index contributed by atoms with van der Waals surface area (Å²) in [6.07, 6.45) is 0.0767. The maximum atomic E-state index is 12.4. The van der Waals surface area contributed by atoms with Gasteiger partial charge in [0.25, 0.3) is 5.91 Å². The Morgan fingerprint density at radius 3 is 2.50 bits per heavy atom. The number of carboxylic acids is 1. The van der Waals surface area contributed by atoms with Gasteiger partial charge < -0.3 is 32.5 Å². The van der Waals surface area contributed by atoms with E-state index in [2.05, 4.69) is 20.9 Å². The van der Waals surface area contributed by atoms with Crippen LogP contribution in [-0.4, -0.2) is 77.4 Å². The molecule has 2 atom stereocenters. The fourth-order valence-electron chi connectivity index (χ4n) is 2.62. The predicted molar refractivity (Wildman–Crippen MR) is 106 cm³/mol. The fourth-order valence-corrected chi connectivity index (χ4v) is 2.62. The summed E-state index contributed by atoms with van der Waals surface area (Å²) in [7, 11) is 0. The number of guanidine groups is 1. The van der Waals surface area contributed by atoms with E-state index in [9.17, 15) is 24.0 Å². The van der Waals surface area contributed by atoms with Crippen LogP contribution in [0.2, 0.25) is 0 Å². The molecular weight excluding hydrogens is 398 g/mol. The smallest absolute Gasteiger partial charge is 0.325 e. The summed E-state index contributed by atoms with van der Waals surface area (Å²) in [6.45, 7) is 3.67. The van der Waals surface area contributed by atoms with Gasteiger partial charge in [-0.1, -0.05) is 13.8 Å². The average molecular weight is 427 g/mol. The van der Waals surface area contributed by atoms with E-state index >= 15 is 0 Å². The maximum absolute atomic E-state index is 12.4. The van der Waals surface area contributed by atoms with E-state index in [1.54, 1.807) is 0 Å². The Bertz CT molecular complexity index is 705. The molecule has 0 saturated carbocycles. The summed E-state index contributed by atoms with van der Waals surface area (Å²) in [5.74, 6) is -3.32. The molecule has 0 bridgehead atoms. The number of rotatable bonds is 12. The standard InChI is InChI=1S/C17H29N7O6/c1-9(2)7-21-14(28)11(6-13(26)27)22-12(25)8-24-15(29)10(23-17(24)30)4-3-5-20-16(18)19/h9-11H,3-8H2,1-2H3,(H,21,28)(H,22,25)(H,23,30)(H,26,27)(H4,18,19,20)/t10-,11-/m0/s1. The van der Waals surface area contributed by atoms with E-state index in [0.717, 1.165) is 0 Å². The monoisotopic (exact) mass is 427 g/mol. The zero-order chi connectivity index (χ0) is 22.8. The van der Waals surface area contributed by atoms with Crippen LogP contribution in [0.3, 0.4) is 0 Å². The van der Waals surface area contributed by atoms with Gasteiger partial charge in [-0.25, -0.2) is 4.79 Å². The lowest BCUT2D eigenvalue weighted by Gasteiger charge is -2.19. The third-order valence-corrected chi connectivity index (χ3v) is 4.07. The Kier molecular flexibility index (Phi) is 9.52. The molecule has 0 aromatic carbocycles. The van der Waals surface area contributed by atoms with Gasteiger partial charge in [0.05, 0.1) is 6.42 Å². The number of nitrogens with two attached hydrogens (primary N) is 2. The molecule has 8 N–H and O–H groups in total. The average Bonchev–Trinajstić information content (AvgIpc) is 2.89. The SMILES string of the molecule is CC(C)CNC(=O)[C@H](CC(=O)O)NC(=O)CN1C(=O)N[C@@H](CCCN=C(N)N)C1=O. The minimum absolute atomic E-state index is 0.0802. The quantitative estimate of drug-likeness (QED) is 0.0860. The first-order valence-corrected chi connectivity index (χ1v) is 9.47. The summed E-state index contributed by atoms with van der Waals surface area (Å²) < 4.78 is 0. The molecule has 1 rings (SSSR count). The van der Waals surface area contributed by atoms with Crippen molar-refractivity contribution in [2.24, 2.45) is 22.4 Å². The Labute approximate surface area is 173 Å². The number of carbonyl (C=O) groups excluding carboxylic acids is 4. The van der Waals surface area contributed by atoms with E-state index in [-0.39, 0.29) is 24.8 Å². The molecular formula is C17H29N7O6. The van der Waals surface area contributed by atoms with Gasteiger partial charge in [0.1, 0.15) is 18.6 Å². The van der Waals surface area contributed by atoms with Crippen LogP contribution in [0.4, 0.5) is 4.79 Å². The van der Waals surface area contributed by atoms with Crippen molar-refractivity contribution in [2.75, 3.05) is 19.6 Å². The second-order valence-corrected chi connectivity index (χ2v) is 7.23. The van der Waals surface area contributed by atoms with Crippen molar-refractivity contribution in [1.29, 1.82) is 0 Å². The van der Waals surface area contributed by atoms with Crippen LogP contribution in [0.15, 0.2) is 4.99 Å². The Hall–Kier alpha value is -3.38. The molecule has 0 unspecified atom stereocenters. The predicted octanol–water partition coefficient (Wildman–Crippen LogP) is -2.31. The molecule has 1 heterocycles. The number of amides is 5. The van der Waals surface area contributed by atoms with Gasteiger partial charge in [-0.2, -0.15) is 0 Å². The number of imide groups is 1. The van der Waals surface area contributed by atoms with Gasteiger partial charge in [-0.3, -0.25) is 29.1 Å². The third kappa shape index (κ3) is 8.32. The molecule has 1 aliphatic heterocycles. The van der Waals surface area contributed by atoms with E-state index in [1.165, 1.54) is 0 Å². The van der Waals surface area contributed by atoms with E-state index in [1.807, 2.05) is 13.8 Å². The van der Waals surface area contributed by atoms with Gasteiger partial charge in [0, 0.05) is 13.1 Å². The van der Waals surface area contributed by atoms with Gasteiger partial charge in [0.15, 0.2) is 5.96 Å². The summed E-state index contributed by atoms with van der Waals surface area (Å²) in [5, 5.41) is 16.3. The molecule has 1 fully saturated rings.